The molecule has 0 aliphatic heterocycles. The molecule has 4 nitrogen and oxygen atoms in total. The molecule has 2 N–H and O–H groups in total. The molecule has 0 heterocycles. The van der Waals surface area contributed by atoms with E-state index < -0.39 is 0 Å². The molecule has 6 heteroatoms. The van der Waals surface area contributed by atoms with E-state index in [1.807, 2.05) is 36.4 Å². The Labute approximate surface area is 149 Å². The standard InChI is InChI=1S/C17H22FIN2O2/c1-10(2)20-16(22)11-4-3-5-13(8-11)21-17(23)14-7-6-12(18)9-15(14)19/h6-7,9-11,13H,3-5,8H2,1-2H3,(H,20,22)(H,21,23). The van der Waals surface area contributed by atoms with Gasteiger partial charge in [-0.3, -0.25) is 9.59 Å². The summed E-state index contributed by atoms with van der Waals surface area (Å²) < 4.78 is 13.7. The van der Waals surface area contributed by atoms with E-state index in [-0.39, 0.29) is 35.6 Å². The van der Waals surface area contributed by atoms with Gasteiger partial charge in [-0.2, -0.15) is 0 Å². The molecule has 1 aliphatic carbocycles. The number of amides is 2. The fraction of sp³-hybridized carbons (Fsp3) is 0.529. The van der Waals surface area contributed by atoms with E-state index in [2.05, 4.69) is 10.6 Å². The number of carbonyl (C=O) groups is 2. The predicted molar refractivity (Wildman–Crippen MR) is 95.6 cm³/mol. The Morgan fingerprint density at radius 2 is 2.04 bits per heavy atom. The number of nitrogens with one attached hydrogen (secondary N) is 2. The number of benzene rings is 1. The fourth-order valence-electron chi connectivity index (χ4n) is 2.90. The van der Waals surface area contributed by atoms with Crippen LogP contribution in [0.3, 0.4) is 0 Å². The van der Waals surface area contributed by atoms with Crippen LogP contribution in [0.4, 0.5) is 4.39 Å². The van der Waals surface area contributed by atoms with Crippen molar-refractivity contribution in [1.82, 2.24) is 10.6 Å². The number of hydrogen-bond donors (Lipinski definition) is 2. The van der Waals surface area contributed by atoms with Crippen molar-refractivity contribution in [3.63, 3.8) is 0 Å². The van der Waals surface area contributed by atoms with Crippen LogP contribution >= 0.6 is 22.6 Å². The highest BCUT2D eigenvalue weighted by Gasteiger charge is 2.28. The van der Waals surface area contributed by atoms with Crippen LogP contribution in [-0.4, -0.2) is 23.9 Å². The molecule has 126 valence electrons. The average molecular weight is 432 g/mol. The van der Waals surface area contributed by atoms with Crippen LogP contribution in [0.2, 0.25) is 0 Å². The highest BCUT2D eigenvalue weighted by molar-refractivity contribution is 14.1. The summed E-state index contributed by atoms with van der Waals surface area (Å²) in [6.07, 6.45) is 3.30. The molecule has 1 aromatic carbocycles. The normalized spacial score (nSPS) is 21.1. The highest BCUT2D eigenvalue weighted by Crippen LogP contribution is 2.25. The van der Waals surface area contributed by atoms with Crippen LogP contribution in [-0.2, 0) is 4.79 Å². The topological polar surface area (TPSA) is 58.2 Å². The molecule has 0 bridgehead atoms. The summed E-state index contributed by atoms with van der Waals surface area (Å²) in [7, 11) is 0. The summed E-state index contributed by atoms with van der Waals surface area (Å²) in [5.41, 5.74) is 0.473. The summed E-state index contributed by atoms with van der Waals surface area (Å²) in [6.45, 7) is 3.88. The maximum atomic E-state index is 13.1. The molecule has 23 heavy (non-hydrogen) atoms. The first-order valence-corrected chi connectivity index (χ1v) is 9.01. The maximum Gasteiger partial charge on any atom is 0.252 e. The first-order chi connectivity index (χ1) is 10.9. The van der Waals surface area contributed by atoms with Gasteiger partial charge in [0.25, 0.3) is 5.91 Å². The lowest BCUT2D eigenvalue weighted by atomic mass is 9.85. The molecule has 2 amide bonds. The molecular weight excluding hydrogens is 410 g/mol. The first kappa shape index (κ1) is 18.2. The quantitative estimate of drug-likeness (QED) is 0.718. The second-order valence-electron chi connectivity index (χ2n) is 6.32. The maximum absolute atomic E-state index is 13.1. The van der Waals surface area contributed by atoms with E-state index in [1.165, 1.54) is 18.2 Å². The second kappa shape index (κ2) is 8.08. The van der Waals surface area contributed by atoms with Crippen molar-refractivity contribution in [3.8, 4) is 0 Å². The lowest BCUT2D eigenvalue weighted by Crippen LogP contribution is -2.43. The minimum absolute atomic E-state index is 0.0139. The zero-order valence-electron chi connectivity index (χ0n) is 13.4. The van der Waals surface area contributed by atoms with Gasteiger partial charge in [0.05, 0.1) is 5.56 Å². The van der Waals surface area contributed by atoms with Gasteiger partial charge >= 0.3 is 0 Å². The zero-order chi connectivity index (χ0) is 17.0. The minimum Gasteiger partial charge on any atom is -0.354 e. The van der Waals surface area contributed by atoms with E-state index in [1.54, 1.807) is 0 Å². The predicted octanol–water partition coefficient (Wildman–Crippen LogP) is 3.24. The third kappa shape index (κ3) is 5.16. The molecule has 2 atom stereocenters. The van der Waals surface area contributed by atoms with E-state index in [9.17, 15) is 14.0 Å². The van der Waals surface area contributed by atoms with Crippen molar-refractivity contribution in [2.45, 2.75) is 51.6 Å². The molecular formula is C17H22FIN2O2. The van der Waals surface area contributed by atoms with E-state index in [4.69, 9.17) is 0 Å². The van der Waals surface area contributed by atoms with Gasteiger partial charge in [-0.25, -0.2) is 4.39 Å². The summed E-state index contributed by atoms with van der Waals surface area (Å²) in [6, 6.07) is 4.24. The van der Waals surface area contributed by atoms with Gasteiger partial charge in [0, 0.05) is 21.6 Å². The van der Waals surface area contributed by atoms with Gasteiger partial charge in [0.2, 0.25) is 5.91 Å². The molecule has 1 aromatic rings. The molecule has 2 unspecified atom stereocenters. The Kier molecular flexibility index (Phi) is 6.38. The van der Waals surface area contributed by atoms with Gasteiger partial charge in [-0.05, 0) is 73.9 Å². The first-order valence-electron chi connectivity index (χ1n) is 7.93. The van der Waals surface area contributed by atoms with Gasteiger partial charge in [0.15, 0.2) is 0 Å². The Balaban J connectivity index is 1.96. The van der Waals surface area contributed by atoms with Crippen molar-refractivity contribution >= 4 is 34.4 Å². The van der Waals surface area contributed by atoms with Crippen LogP contribution < -0.4 is 10.6 Å². The molecule has 0 saturated heterocycles. The van der Waals surface area contributed by atoms with Gasteiger partial charge in [-0.15, -0.1) is 0 Å². The van der Waals surface area contributed by atoms with E-state index >= 15 is 0 Å². The second-order valence-corrected chi connectivity index (χ2v) is 7.48. The van der Waals surface area contributed by atoms with Crippen LogP contribution in [0.5, 0.6) is 0 Å². The zero-order valence-corrected chi connectivity index (χ0v) is 15.5. The van der Waals surface area contributed by atoms with Crippen molar-refractivity contribution < 1.29 is 14.0 Å². The lowest BCUT2D eigenvalue weighted by Gasteiger charge is -2.29. The van der Waals surface area contributed by atoms with Gasteiger partial charge in [0.1, 0.15) is 5.82 Å². The minimum atomic E-state index is -0.353. The van der Waals surface area contributed by atoms with Crippen LogP contribution in [0.15, 0.2) is 18.2 Å². The third-order valence-electron chi connectivity index (χ3n) is 3.99. The van der Waals surface area contributed by atoms with Crippen molar-refractivity contribution in [2.75, 3.05) is 0 Å². The number of rotatable bonds is 4. The molecule has 1 fully saturated rings. The number of hydrogen-bond acceptors (Lipinski definition) is 2. The van der Waals surface area contributed by atoms with Crippen LogP contribution in [0.25, 0.3) is 0 Å². The summed E-state index contributed by atoms with van der Waals surface area (Å²) in [5.74, 6) is -0.544. The molecule has 2 rings (SSSR count). The largest absolute Gasteiger partial charge is 0.354 e. The number of carbonyl (C=O) groups excluding carboxylic acids is 2. The average Bonchev–Trinajstić information content (AvgIpc) is 2.46. The van der Waals surface area contributed by atoms with Crippen LogP contribution in [0, 0.1) is 15.3 Å². The van der Waals surface area contributed by atoms with E-state index in [0.717, 1.165) is 19.3 Å². The molecule has 1 aliphatic rings. The van der Waals surface area contributed by atoms with Gasteiger partial charge in [-0.1, -0.05) is 6.42 Å². The lowest BCUT2D eigenvalue weighted by molar-refractivity contribution is -0.126. The van der Waals surface area contributed by atoms with Gasteiger partial charge < -0.3 is 10.6 Å². The fourth-order valence-corrected chi connectivity index (χ4v) is 3.62. The monoisotopic (exact) mass is 432 g/mol. The Hall–Kier alpha value is -1.18. The number of halogens is 2. The Morgan fingerprint density at radius 1 is 1.30 bits per heavy atom. The van der Waals surface area contributed by atoms with Crippen LogP contribution in [0.1, 0.15) is 49.9 Å². The Morgan fingerprint density at radius 3 is 2.70 bits per heavy atom. The summed E-state index contributed by atoms with van der Waals surface area (Å²) in [5, 5.41) is 5.93. The van der Waals surface area contributed by atoms with Crippen molar-refractivity contribution in [3.05, 3.63) is 33.1 Å². The SMILES string of the molecule is CC(C)NC(=O)C1CCCC(NC(=O)c2ccc(F)cc2I)C1. The Bertz CT molecular complexity index is 592. The smallest absolute Gasteiger partial charge is 0.252 e. The molecule has 0 aromatic heterocycles. The molecule has 0 spiro atoms. The summed E-state index contributed by atoms with van der Waals surface area (Å²) in [4.78, 5) is 24.5. The highest BCUT2D eigenvalue weighted by atomic mass is 127. The molecule has 0 radical (unpaired) electrons. The van der Waals surface area contributed by atoms with Crippen molar-refractivity contribution in [1.29, 1.82) is 0 Å². The third-order valence-corrected chi connectivity index (χ3v) is 4.88. The summed E-state index contributed by atoms with van der Waals surface area (Å²) >= 11 is 1.96. The molecule has 1 saturated carbocycles. The van der Waals surface area contributed by atoms with Crippen molar-refractivity contribution in [2.24, 2.45) is 5.92 Å². The van der Waals surface area contributed by atoms with E-state index in [0.29, 0.717) is 15.6 Å².